The summed E-state index contributed by atoms with van der Waals surface area (Å²) in [5, 5.41) is 11.1. The zero-order chi connectivity index (χ0) is 14.7. The molecule has 0 spiro atoms. The lowest BCUT2D eigenvalue weighted by Gasteiger charge is -2.24. The normalized spacial score (nSPS) is 17.8. The fourth-order valence-electron chi connectivity index (χ4n) is 2.06. The number of anilines is 1. The molecule has 7 nitrogen and oxygen atoms in total. The molecule has 1 aliphatic heterocycles. The monoisotopic (exact) mass is 297 g/mol. The maximum Gasteiger partial charge on any atom is 0.356 e. The van der Waals surface area contributed by atoms with Crippen molar-refractivity contribution in [1.29, 1.82) is 0 Å². The van der Waals surface area contributed by atoms with E-state index in [1.54, 1.807) is 23.7 Å². The Morgan fingerprint density at radius 3 is 2.90 bits per heavy atom. The number of carbonyl (C=O) groups is 1. The summed E-state index contributed by atoms with van der Waals surface area (Å²) in [6, 6.07) is 2.80. The van der Waals surface area contributed by atoms with Gasteiger partial charge in [-0.1, -0.05) is 0 Å². The van der Waals surface area contributed by atoms with Crippen LogP contribution in [0.3, 0.4) is 0 Å². The first-order valence-corrected chi connectivity index (χ1v) is 7.24. The van der Waals surface area contributed by atoms with Gasteiger partial charge in [0.2, 0.25) is 5.82 Å². The Bertz CT molecular complexity index is 531. The van der Waals surface area contributed by atoms with E-state index < -0.39 is 10.9 Å². The highest BCUT2D eigenvalue weighted by molar-refractivity contribution is 7.99. The first-order chi connectivity index (χ1) is 9.54. The van der Waals surface area contributed by atoms with Crippen molar-refractivity contribution in [2.45, 2.75) is 12.5 Å². The van der Waals surface area contributed by atoms with Gasteiger partial charge in [-0.3, -0.25) is 10.1 Å². The number of rotatable bonds is 4. The number of aromatic nitrogens is 1. The molecule has 0 amide bonds. The van der Waals surface area contributed by atoms with Gasteiger partial charge in [0.1, 0.15) is 0 Å². The van der Waals surface area contributed by atoms with Gasteiger partial charge in [-0.25, -0.2) is 9.78 Å². The van der Waals surface area contributed by atoms with Crippen LogP contribution >= 0.6 is 11.8 Å². The standard InChI is InChI=1S/C12H15N3O4S/c1-14(8-5-6-20-7-8)11-10(15(17)18)4-3-9(13-11)12(16)19-2/h3-4,8H,5-7H2,1-2H3. The Labute approximate surface area is 120 Å². The minimum Gasteiger partial charge on any atom is -0.464 e. The molecule has 0 N–H and O–H groups in total. The number of nitro groups is 1. The van der Waals surface area contributed by atoms with E-state index >= 15 is 0 Å². The highest BCUT2D eigenvalue weighted by Crippen LogP contribution is 2.31. The summed E-state index contributed by atoms with van der Waals surface area (Å²) in [6.45, 7) is 0. The second kappa shape index (κ2) is 6.08. The van der Waals surface area contributed by atoms with Crippen molar-refractivity contribution in [1.82, 2.24) is 4.98 Å². The smallest absolute Gasteiger partial charge is 0.356 e. The Kier molecular flexibility index (Phi) is 4.43. The molecule has 1 atom stereocenters. The van der Waals surface area contributed by atoms with Crippen LogP contribution in [-0.2, 0) is 4.74 Å². The van der Waals surface area contributed by atoms with Crippen LogP contribution in [0.2, 0.25) is 0 Å². The third kappa shape index (κ3) is 2.84. The lowest BCUT2D eigenvalue weighted by molar-refractivity contribution is -0.384. The second-order valence-electron chi connectivity index (χ2n) is 4.42. The van der Waals surface area contributed by atoms with E-state index in [4.69, 9.17) is 0 Å². The van der Waals surface area contributed by atoms with Gasteiger partial charge in [0.05, 0.1) is 12.0 Å². The van der Waals surface area contributed by atoms with Crippen LogP contribution in [-0.4, -0.2) is 47.6 Å². The minimum atomic E-state index is -0.602. The third-order valence-corrected chi connectivity index (χ3v) is 4.38. The molecule has 0 aromatic carbocycles. The van der Waals surface area contributed by atoms with Gasteiger partial charge in [-0.2, -0.15) is 11.8 Å². The maximum atomic E-state index is 11.5. The Hall–Kier alpha value is -1.83. The zero-order valence-electron chi connectivity index (χ0n) is 11.2. The largest absolute Gasteiger partial charge is 0.464 e. The van der Waals surface area contributed by atoms with E-state index in [0.29, 0.717) is 0 Å². The van der Waals surface area contributed by atoms with E-state index in [2.05, 4.69) is 9.72 Å². The highest BCUT2D eigenvalue weighted by atomic mass is 32.2. The molecule has 1 saturated heterocycles. The number of thioether (sulfide) groups is 1. The third-order valence-electron chi connectivity index (χ3n) is 3.23. The number of ether oxygens (including phenoxy) is 1. The maximum absolute atomic E-state index is 11.5. The number of nitrogens with zero attached hydrogens (tertiary/aromatic N) is 3. The van der Waals surface area contributed by atoms with Crippen molar-refractivity contribution >= 4 is 29.2 Å². The highest BCUT2D eigenvalue weighted by Gasteiger charge is 2.28. The van der Waals surface area contributed by atoms with Crippen molar-refractivity contribution in [3.63, 3.8) is 0 Å². The van der Waals surface area contributed by atoms with Crippen LogP contribution in [0.25, 0.3) is 0 Å². The van der Waals surface area contributed by atoms with E-state index in [0.717, 1.165) is 17.9 Å². The summed E-state index contributed by atoms with van der Waals surface area (Å²) < 4.78 is 4.60. The summed E-state index contributed by atoms with van der Waals surface area (Å²) in [4.78, 5) is 28.0. The van der Waals surface area contributed by atoms with Crippen LogP contribution < -0.4 is 4.90 Å². The van der Waals surface area contributed by atoms with Crippen molar-refractivity contribution in [2.24, 2.45) is 0 Å². The molecule has 108 valence electrons. The Morgan fingerprint density at radius 2 is 2.35 bits per heavy atom. The molecule has 1 aromatic heterocycles. The van der Waals surface area contributed by atoms with Gasteiger partial charge in [0, 0.05) is 24.9 Å². The van der Waals surface area contributed by atoms with Gasteiger partial charge in [-0.15, -0.1) is 0 Å². The second-order valence-corrected chi connectivity index (χ2v) is 5.57. The lowest BCUT2D eigenvalue weighted by Crippen LogP contribution is -2.32. The van der Waals surface area contributed by atoms with E-state index in [1.165, 1.54) is 19.2 Å². The topological polar surface area (TPSA) is 85.6 Å². The molecule has 8 heteroatoms. The quantitative estimate of drug-likeness (QED) is 0.475. The molecular formula is C12H15N3O4S. The summed E-state index contributed by atoms with van der Waals surface area (Å²) in [5.74, 6) is 1.54. The van der Waals surface area contributed by atoms with Gasteiger partial charge in [-0.05, 0) is 18.2 Å². The molecule has 1 unspecified atom stereocenters. The summed E-state index contributed by atoms with van der Waals surface area (Å²) in [7, 11) is 3.02. The average molecular weight is 297 g/mol. The number of hydrogen-bond acceptors (Lipinski definition) is 7. The molecule has 0 bridgehead atoms. The van der Waals surface area contributed by atoms with Crippen LogP contribution in [0.4, 0.5) is 11.5 Å². The minimum absolute atomic E-state index is 0.0746. The predicted octanol–water partition coefficient (Wildman–Crippen LogP) is 1.72. The fourth-order valence-corrected chi connectivity index (χ4v) is 3.33. The van der Waals surface area contributed by atoms with Crippen LogP contribution in [0.1, 0.15) is 16.9 Å². The Morgan fingerprint density at radius 1 is 1.60 bits per heavy atom. The molecule has 20 heavy (non-hydrogen) atoms. The molecule has 2 heterocycles. The molecule has 1 fully saturated rings. The van der Waals surface area contributed by atoms with Gasteiger partial charge in [0.25, 0.3) is 0 Å². The van der Waals surface area contributed by atoms with Gasteiger partial charge < -0.3 is 9.64 Å². The average Bonchev–Trinajstić information content (AvgIpc) is 2.99. The van der Waals surface area contributed by atoms with Crippen LogP contribution in [0.5, 0.6) is 0 Å². The van der Waals surface area contributed by atoms with Crippen LogP contribution in [0, 0.1) is 10.1 Å². The number of esters is 1. The molecule has 1 aromatic rings. The number of hydrogen-bond donors (Lipinski definition) is 0. The van der Waals surface area contributed by atoms with Crippen LogP contribution in [0.15, 0.2) is 12.1 Å². The number of methoxy groups -OCH3 is 1. The summed E-state index contributed by atoms with van der Waals surface area (Å²) in [6.07, 6.45) is 0.947. The molecule has 1 aliphatic rings. The molecular weight excluding hydrogens is 282 g/mol. The molecule has 0 radical (unpaired) electrons. The predicted molar refractivity (Wildman–Crippen MR) is 76.4 cm³/mol. The first-order valence-electron chi connectivity index (χ1n) is 6.09. The van der Waals surface area contributed by atoms with E-state index in [9.17, 15) is 14.9 Å². The molecule has 2 rings (SSSR count). The zero-order valence-corrected chi connectivity index (χ0v) is 12.1. The lowest BCUT2D eigenvalue weighted by atomic mass is 10.2. The van der Waals surface area contributed by atoms with Gasteiger partial charge in [0.15, 0.2) is 5.69 Å². The number of pyridine rings is 1. The molecule has 0 saturated carbocycles. The van der Waals surface area contributed by atoms with Gasteiger partial charge >= 0.3 is 11.7 Å². The van der Waals surface area contributed by atoms with E-state index in [1.807, 2.05) is 0 Å². The van der Waals surface area contributed by atoms with Crippen molar-refractivity contribution < 1.29 is 14.5 Å². The summed E-state index contributed by atoms with van der Waals surface area (Å²) in [5.41, 5.74) is -0.0253. The molecule has 0 aliphatic carbocycles. The first kappa shape index (κ1) is 14.6. The van der Waals surface area contributed by atoms with Crippen molar-refractivity contribution in [3.05, 3.63) is 27.9 Å². The number of carbonyl (C=O) groups excluding carboxylic acids is 1. The van der Waals surface area contributed by atoms with Crippen molar-refractivity contribution in [2.75, 3.05) is 30.6 Å². The Balaban J connectivity index is 2.40. The van der Waals surface area contributed by atoms with E-state index in [-0.39, 0.29) is 23.2 Å². The fraction of sp³-hybridized carbons (Fsp3) is 0.500. The van der Waals surface area contributed by atoms with Crippen molar-refractivity contribution in [3.8, 4) is 0 Å². The summed E-state index contributed by atoms with van der Waals surface area (Å²) >= 11 is 1.80. The SMILES string of the molecule is COC(=O)c1ccc([N+](=O)[O-])c(N(C)C2CCSC2)n1.